The Bertz CT molecular complexity index is 483. The molecule has 0 radical (unpaired) electrons. The average Bonchev–Trinajstić information content (AvgIpc) is 2.33. The Morgan fingerprint density at radius 1 is 1.18 bits per heavy atom. The number of aromatic nitrogens is 1. The predicted octanol–water partition coefficient (Wildman–Crippen LogP) is 3.18. The molecule has 3 heteroatoms. The van der Waals surface area contributed by atoms with Gasteiger partial charge in [0, 0.05) is 24.6 Å². The quantitative estimate of drug-likeness (QED) is 0.872. The fourth-order valence-corrected chi connectivity index (χ4v) is 1.75. The van der Waals surface area contributed by atoms with Crippen LogP contribution in [0.2, 0.25) is 0 Å². The van der Waals surface area contributed by atoms with E-state index in [0.717, 1.165) is 24.2 Å². The van der Waals surface area contributed by atoms with Gasteiger partial charge in [-0.2, -0.15) is 0 Å². The SMILES string of the molecule is Cc1cc(F)ccc1CCNc1ccncc1. The van der Waals surface area contributed by atoms with Gasteiger partial charge in [0.1, 0.15) is 5.82 Å². The van der Waals surface area contributed by atoms with Crippen LogP contribution in [-0.2, 0) is 6.42 Å². The maximum atomic E-state index is 12.9. The van der Waals surface area contributed by atoms with Crippen LogP contribution in [0.1, 0.15) is 11.1 Å². The summed E-state index contributed by atoms with van der Waals surface area (Å²) in [6.07, 6.45) is 4.39. The molecule has 0 aliphatic heterocycles. The fraction of sp³-hybridized carbons (Fsp3) is 0.214. The van der Waals surface area contributed by atoms with Crippen LogP contribution in [0.3, 0.4) is 0 Å². The summed E-state index contributed by atoms with van der Waals surface area (Å²) in [5, 5.41) is 3.30. The van der Waals surface area contributed by atoms with Gasteiger partial charge in [-0.3, -0.25) is 4.98 Å². The van der Waals surface area contributed by atoms with E-state index in [2.05, 4.69) is 10.3 Å². The van der Waals surface area contributed by atoms with Crippen molar-refractivity contribution in [2.24, 2.45) is 0 Å². The van der Waals surface area contributed by atoms with E-state index in [1.807, 2.05) is 25.1 Å². The molecule has 0 unspecified atom stereocenters. The highest BCUT2D eigenvalue weighted by Gasteiger charge is 1.99. The molecule has 1 aromatic heterocycles. The van der Waals surface area contributed by atoms with Crippen molar-refractivity contribution in [1.29, 1.82) is 0 Å². The largest absolute Gasteiger partial charge is 0.385 e. The van der Waals surface area contributed by atoms with Gasteiger partial charge in [0.05, 0.1) is 0 Å². The van der Waals surface area contributed by atoms with Crippen LogP contribution in [0.5, 0.6) is 0 Å². The third kappa shape index (κ3) is 3.28. The second-order valence-electron chi connectivity index (χ2n) is 3.98. The van der Waals surface area contributed by atoms with Crippen LogP contribution in [0.25, 0.3) is 0 Å². The van der Waals surface area contributed by atoms with Crippen LogP contribution < -0.4 is 5.32 Å². The zero-order valence-corrected chi connectivity index (χ0v) is 9.78. The Morgan fingerprint density at radius 3 is 2.65 bits per heavy atom. The van der Waals surface area contributed by atoms with Crippen LogP contribution >= 0.6 is 0 Å². The first-order valence-corrected chi connectivity index (χ1v) is 5.64. The van der Waals surface area contributed by atoms with E-state index in [4.69, 9.17) is 0 Å². The third-order valence-electron chi connectivity index (χ3n) is 2.71. The summed E-state index contributed by atoms with van der Waals surface area (Å²) >= 11 is 0. The van der Waals surface area contributed by atoms with Crippen LogP contribution in [-0.4, -0.2) is 11.5 Å². The molecule has 0 spiro atoms. The first-order valence-electron chi connectivity index (χ1n) is 5.64. The number of hydrogen-bond acceptors (Lipinski definition) is 2. The standard InChI is InChI=1S/C14H15FN2/c1-11-10-13(15)3-2-12(11)4-9-17-14-5-7-16-8-6-14/h2-3,5-8,10H,4,9H2,1H3,(H,16,17). The average molecular weight is 230 g/mol. The van der Waals surface area contributed by atoms with Gasteiger partial charge in [0.2, 0.25) is 0 Å². The molecule has 0 aliphatic rings. The number of nitrogens with zero attached hydrogens (tertiary/aromatic N) is 1. The number of aryl methyl sites for hydroxylation is 1. The fourth-order valence-electron chi connectivity index (χ4n) is 1.75. The topological polar surface area (TPSA) is 24.9 Å². The lowest BCUT2D eigenvalue weighted by molar-refractivity contribution is 0.625. The van der Waals surface area contributed by atoms with Crippen LogP contribution in [0.15, 0.2) is 42.7 Å². The molecule has 0 saturated heterocycles. The van der Waals surface area contributed by atoms with Gasteiger partial charge in [-0.15, -0.1) is 0 Å². The molecule has 1 N–H and O–H groups in total. The first-order chi connectivity index (χ1) is 8.25. The van der Waals surface area contributed by atoms with Crippen molar-refractivity contribution in [3.05, 3.63) is 59.7 Å². The van der Waals surface area contributed by atoms with Crippen molar-refractivity contribution in [3.8, 4) is 0 Å². The van der Waals surface area contributed by atoms with E-state index < -0.39 is 0 Å². The van der Waals surface area contributed by atoms with E-state index in [0.29, 0.717) is 0 Å². The Kier molecular flexibility index (Phi) is 3.70. The minimum Gasteiger partial charge on any atom is -0.385 e. The molecule has 1 heterocycles. The molecule has 1 aromatic carbocycles. The number of hydrogen-bond donors (Lipinski definition) is 1. The van der Waals surface area contributed by atoms with Crippen molar-refractivity contribution in [2.75, 3.05) is 11.9 Å². The summed E-state index contributed by atoms with van der Waals surface area (Å²) in [5.41, 5.74) is 3.23. The highest BCUT2D eigenvalue weighted by Crippen LogP contribution is 2.11. The molecule has 2 aromatic rings. The zero-order chi connectivity index (χ0) is 12.1. The van der Waals surface area contributed by atoms with Gasteiger partial charge >= 0.3 is 0 Å². The lowest BCUT2D eigenvalue weighted by atomic mass is 10.1. The number of rotatable bonds is 4. The summed E-state index contributed by atoms with van der Waals surface area (Å²) in [6.45, 7) is 2.77. The molecule has 0 aliphatic carbocycles. The summed E-state index contributed by atoms with van der Waals surface area (Å²) < 4.78 is 12.9. The molecule has 2 nitrogen and oxygen atoms in total. The van der Waals surface area contributed by atoms with Gasteiger partial charge in [0.15, 0.2) is 0 Å². The van der Waals surface area contributed by atoms with E-state index in [1.165, 1.54) is 11.6 Å². The van der Waals surface area contributed by atoms with Crippen molar-refractivity contribution in [1.82, 2.24) is 4.98 Å². The molecule has 17 heavy (non-hydrogen) atoms. The Labute approximate surface area is 101 Å². The van der Waals surface area contributed by atoms with Crippen molar-refractivity contribution in [2.45, 2.75) is 13.3 Å². The van der Waals surface area contributed by atoms with Crippen LogP contribution in [0, 0.1) is 12.7 Å². The van der Waals surface area contributed by atoms with E-state index in [9.17, 15) is 4.39 Å². The van der Waals surface area contributed by atoms with E-state index >= 15 is 0 Å². The predicted molar refractivity (Wildman–Crippen MR) is 67.6 cm³/mol. The van der Waals surface area contributed by atoms with Gasteiger partial charge < -0.3 is 5.32 Å². The highest BCUT2D eigenvalue weighted by molar-refractivity contribution is 5.41. The highest BCUT2D eigenvalue weighted by atomic mass is 19.1. The second-order valence-corrected chi connectivity index (χ2v) is 3.98. The molecular weight excluding hydrogens is 215 g/mol. The van der Waals surface area contributed by atoms with Gasteiger partial charge in [0.25, 0.3) is 0 Å². The molecule has 0 amide bonds. The lowest BCUT2D eigenvalue weighted by Crippen LogP contribution is -2.05. The summed E-state index contributed by atoms with van der Waals surface area (Å²) in [6, 6.07) is 8.78. The Hall–Kier alpha value is -1.90. The van der Waals surface area contributed by atoms with Crippen molar-refractivity contribution >= 4 is 5.69 Å². The number of halogens is 1. The van der Waals surface area contributed by atoms with Gasteiger partial charge in [-0.1, -0.05) is 6.07 Å². The van der Waals surface area contributed by atoms with Crippen molar-refractivity contribution < 1.29 is 4.39 Å². The molecule has 88 valence electrons. The number of pyridine rings is 1. The lowest BCUT2D eigenvalue weighted by Gasteiger charge is -2.08. The first kappa shape index (κ1) is 11.6. The summed E-state index contributed by atoms with van der Waals surface area (Å²) in [4.78, 5) is 3.95. The molecule has 0 atom stereocenters. The van der Waals surface area contributed by atoms with E-state index in [1.54, 1.807) is 18.5 Å². The molecule has 0 fully saturated rings. The molecular formula is C14H15FN2. The molecule has 0 bridgehead atoms. The monoisotopic (exact) mass is 230 g/mol. The van der Waals surface area contributed by atoms with E-state index in [-0.39, 0.29) is 5.82 Å². The normalized spacial score (nSPS) is 10.2. The summed E-state index contributed by atoms with van der Waals surface area (Å²) in [5.74, 6) is -0.173. The minimum absolute atomic E-state index is 0.173. The Balaban J connectivity index is 1.90. The zero-order valence-electron chi connectivity index (χ0n) is 9.78. The van der Waals surface area contributed by atoms with Gasteiger partial charge in [-0.25, -0.2) is 4.39 Å². The summed E-state index contributed by atoms with van der Waals surface area (Å²) in [7, 11) is 0. The number of benzene rings is 1. The maximum Gasteiger partial charge on any atom is 0.123 e. The van der Waals surface area contributed by atoms with Crippen molar-refractivity contribution in [3.63, 3.8) is 0 Å². The second kappa shape index (κ2) is 5.43. The maximum absolute atomic E-state index is 12.9. The number of anilines is 1. The number of nitrogens with one attached hydrogen (secondary N) is 1. The van der Waals surface area contributed by atoms with Gasteiger partial charge in [-0.05, 0) is 48.7 Å². The minimum atomic E-state index is -0.173. The molecule has 2 rings (SSSR count). The Morgan fingerprint density at radius 2 is 1.94 bits per heavy atom. The third-order valence-corrected chi connectivity index (χ3v) is 2.71. The molecule has 0 saturated carbocycles. The smallest absolute Gasteiger partial charge is 0.123 e. The van der Waals surface area contributed by atoms with Crippen LogP contribution in [0.4, 0.5) is 10.1 Å².